The number of carbonyl (C=O) groups is 2. The highest BCUT2D eigenvalue weighted by Crippen LogP contribution is 2.27. The SMILES string of the molecule is CN1Cc2cc(-c3ccc(C[C@@H](C#N)NC(=O)C4(N)CCCCC4)cc3)cnc2C1=O. The van der Waals surface area contributed by atoms with Gasteiger partial charge in [-0.05, 0) is 30.0 Å². The first-order valence-electron chi connectivity index (χ1n) is 10.7. The van der Waals surface area contributed by atoms with Gasteiger partial charge in [0.05, 0.1) is 11.6 Å². The molecule has 4 rings (SSSR count). The lowest BCUT2D eigenvalue weighted by Crippen LogP contribution is -2.57. The molecule has 0 spiro atoms. The number of hydrogen-bond donors (Lipinski definition) is 2. The molecule has 7 nitrogen and oxygen atoms in total. The Morgan fingerprint density at radius 2 is 1.97 bits per heavy atom. The van der Waals surface area contributed by atoms with E-state index in [1.807, 2.05) is 30.3 Å². The van der Waals surface area contributed by atoms with Crippen molar-refractivity contribution in [1.82, 2.24) is 15.2 Å². The number of nitrogens with zero attached hydrogens (tertiary/aromatic N) is 3. The number of carbonyl (C=O) groups excluding carboxylic acids is 2. The van der Waals surface area contributed by atoms with Crippen molar-refractivity contribution >= 4 is 11.8 Å². The van der Waals surface area contributed by atoms with Gasteiger partial charge < -0.3 is 16.0 Å². The molecule has 0 saturated heterocycles. The molecule has 160 valence electrons. The molecule has 2 heterocycles. The third-order valence-electron chi connectivity index (χ3n) is 6.31. The van der Waals surface area contributed by atoms with Crippen molar-refractivity contribution in [3.05, 3.63) is 53.3 Å². The number of rotatable bonds is 5. The fraction of sp³-hybridized carbons (Fsp3) is 0.417. The van der Waals surface area contributed by atoms with Crippen molar-refractivity contribution in [2.24, 2.45) is 5.73 Å². The van der Waals surface area contributed by atoms with Gasteiger partial charge in [0.15, 0.2) is 0 Å². The second-order valence-corrected chi connectivity index (χ2v) is 8.67. The Bertz CT molecular complexity index is 1030. The van der Waals surface area contributed by atoms with E-state index in [1.165, 1.54) is 0 Å². The minimum atomic E-state index is -0.854. The molecule has 1 aliphatic carbocycles. The van der Waals surface area contributed by atoms with Gasteiger partial charge in [-0.2, -0.15) is 5.26 Å². The summed E-state index contributed by atoms with van der Waals surface area (Å²) in [5.41, 5.74) is 9.77. The highest BCUT2D eigenvalue weighted by Gasteiger charge is 2.36. The summed E-state index contributed by atoms with van der Waals surface area (Å²) < 4.78 is 0. The largest absolute Gasteiger partial charge is 0.338 e. The Morgan fingerprint density at radius 3 is 2.65 bits per heavy atom. The molecule has 1 aromatic heterocycles. The molecule has 2 amide bonds. The Kier molecular flexibility index (Phi) is 5.75. The Hall–Kier alpha value is -3.24. The number of benzene rings is 1. The molecule has 31 heavy (non-hydrogen) atoms. The summed E-state index contributed by atoms with van der Waals surface area (Å²) in [4.78, 5) is 30.6. The van der Waals surface area contributed by atoms with E-state index in [0.29, 0.717) is 31.5 Å². The second kappa shape index (κ2) is 8.48. The monoisotopic (exact) mass is 417 g/mol. The molecule has 1 fully saturated rings. The quantitative estimate of drug-likeness (QED) is 0.776. The van der Waals surface area contributed by atoms with E-state index in [2.05, 4.69) is 16.4 Å². The normalized spacial score (nSPS) is 18.2. The van der Waals surface area contributed by atoms with E-state index >= 15 is 0 Å². The Balaban J connectivity index is 1.42. The zero-order chi connectivity index (χ0) is 22.0. The van der Waals surface area contributed by atoms with Crippen molar-refractivity contribution in [3.8, 4) is 17.2 Å². The smallest absolute Gasteiger partial charge is 0.272 e. The zero-order valence-electron chi connectivity index (χ0n) is 17.7. The van der Waals surface area contributed by atoms with E-state index in [-0.39, 0.29) is 11.8 Å². The Morgan fingerprint density at radius 1 is 1.26 bits per heavy atom. The third kappa shape index (κ3) is 4.30. The highest BCUT2D eigenvalue weighted by atomic mass is 16.2. The lowest BCUT2D eigenvalue weighted by atomic mass is 9.81. The molecular weight excluding hydrogens is 390 g/mol. The lowest BCUT2D eigenvalue weighted by Gasteiger charge is -2.32. The standard InChI is InChI=1S/C24H27N5O2/c1-29-15-19-12-18(14-27-21(19)22(29)30)17-7-5-16(6-8-17)11-20(13-25)28-23(31)24(26)9-3-2-4-10-24/h5-8,12,14,20H,2-4,9-11,15,26H2,1H3,(H,28,31)/t20-/m0/s1. The lowest BCUT2D eigenvalue weighted by molar-refractivity contribution is -0.127. The van der Waals surface area contributed by atoms with E-state index in [4.69, 9.17) is 5.73 Å². The number of amides is 2. The van der Waals surface area contributed by atoms with Crippen LogP contribution in [0.15, 0.2) is 36.5 Å². The number of fused-ring (bicyclic) bond motifs is 1. The number of nitrogens with one attached hydrogen (secondary N) is 1. The number of nitrogens with two attached hydrogens (primary N) is 1. The molecule has 0 radical (unpaired) electrons. The second-order valence-electron chi connectivity index (χ2n) is 8.67. The van der Waals surface area contributed by atoms with E-state index in [9.17, 15) is 14.9 Å². The van der Waals surface area contributed by atoms with Crippen LogP contribution < -0.4 is 11.1 Å². The molecule has 0 unspecified atom stereocenters. The van der Waals surface area contributed by atoms with Gasteiger partial charge in [0.1, 0.15) is 11.7 Å². The van der Waals surface area contributed by atoms with Gasteiger partial charge in [0.2, 0.25) is 5.91 Å². The van der Waals surface area contributed by atoms with Crippen LogP contribution >= 0.6 is 0 Å². The van der Waals surface area contributed by atoms with Crippen LogP contribution in [0.4, 0.5) is 0 Å². The maximum Gasteiger partial charge on any atom is 0.272 e. The molecular formula is C24H27N5O2. The van der Waals surface area contributed by atoms with Crippen LogP contribution in [0, 0.1) is 11.3 Å². The first-order valence-corrected chi connectivity index (χ1v) is 10.7. The minimum Gasteiger partial charge on any atom is -0.338 e. The summed E-state index contributed by atoms with van der Waals surface area (Å²) >= 11 is 0. The van der Waals surface area contributed by atoms with Gasteiger partial charge >= 0.3 is 0 Å². The molecule has 1 aliphatic heterocycles. The summed E-state index contributed by atoms with van der Waals surface area (Å²) in [6, 6.07) is 11.4. The maximum atomic E-state index is 12.6. The summed E-state index contributed by atoms with van der Waals surface area (Å²) in [6.45, 7) is 0.569. The molecule has 2 aliphatic rings. The van der Waals surface area contributed by atoms with Gasteiger partial charge in [-0.3, -0.25) is 14.6 Å². The first kappa shape index (κ1) is 21.0. The van der Waals surface area contributed by atoms with E-state index in [1.54, 1.807) is 18.1 Å². The van der Waals surface area contributed by atoms with Crippen LogP contribution in [0.2, 0.25) is 0 Å². The van der Waals surface area contributed by atoms with Crippen LogP contribution in [0.25, 0.3) is 11.1 Å². The fourth-order valence-corrected chi connectivity index (χ4v) is 4.40. The summed E-state index contributed by atoms with van der Waals surface area (Å²) in [7, 11) is 1.77. The Labute approximate surface area is 182 Å². The van der Waals surface area contributed by atoms with Crippen LogP contribution in [-0.4, -0.2) is 40.3 Å². The predicted octanol–water partition coefficient (Wildman–Crippen LogP) is 2.55. The van der Waals surface area contributed by atoms with Crippen LogP contribution in [0.1, 0.15) is 53.7 Å². The average Bonchev–Trinajstić information content (AvgIpc) is 3.07. The number of aromatic nitrogens is 1. The predicted molar refractivity (Wildman–Crippen MR) is 117 cm³/mol. The summed E-state index contributed by atoms with van der Waals surface area (Å²) in [5, 5.41) is 12.4. The van der Waals surface area contributed by atoms with Crippen LogP contribution in [0.5, 0.6) is 0 Å². The average molecular weight is 418 g/mol. The first-order chi connectivity index (χ1) is 14.9. The third-order valence-corrected chi connectivity index (χ3v) is 6.31. The topological polar surface area (TPSA) is 112 Å². The van der Waals surface area contributed by atoms with E-state index in [0.717, 1.165) is 41.5 Å². The zero-order valence-corrected chi connectivity index (χ0v) is 17.7. The van der Waals surface area contributed by atoms with Crippen LogP contribution in [0.3, 0.4) is 0 Å². The van der Waals surface area contributed by atoms with Crippen molar-refractivity contribution in [2.75, 3.05) is 7.05 Å². The molecule has 2 aromatic rings. The van der Waals surface area contributed by atoms with Gasteiger partial charge in [0.25, 0.3) is 5.91 Å². The molecule has 1 aromatic carbocycles. The van der Waals surface area contributed by atoms with Gasteiger partial charge in [-0.1, -0.05) is 43.5 Å². The summed E-state index contributed by atoms with van der Waals surface area (Å²) in [5.74, 6) is -0.270. The maximum absolute atomic E-state index is 12.6. The van der Waals surface area contributed by atoms with Crippen molar-refractivity contribution in [1.29, 1.82) is 5.26 Å². The van der Waals surface area contributed by atoms with E-state index < -0.39 is 11.6 Å². The highest BCUT2D eigenvalue weighted by molar-refractivity contribution is 5.96. The molecule has 7 heteroatoms. The van der Waals surface area contributed by atoms with Crippen molar-refractivity contribution in [2.45, 2.75) is 56.7 Å². The van der Waals surface area contributed by atoms with Crippen molar-refractivity contribution in [3.63, 3.8) is 0 Å². The molecule has 3 N–H and O–H groups in total. The summed E-state index contributed by atoms with van der Waals surface area (Å²) in [6.07, 6.45) is 6.47. The minimum absolute atomic E-state index is 0.0472. The fourth-order valence-electron chi connectivity index (χ4n) is 4.40. The number of hydrogen-bond acceptors (Lipinski definition) is 5. The van der Waals surface area contributed by atoms with Gasteiger partial charge in [0, 0.05) is 37.3 Å². The number of nitriles is 1. The van der Waals surface area contributed by atoms with Gasteiger partial charge in [-0.15, -0.1) is 0 Å². The molecule has 0 bridgehead atoms. The molecule has 1 saturated carbocycles. The molecule has 1 atom stereocenters. The van der Waals surface area contributed by atoms with Crippen molar-refractivity contribution < 1.29 is 9.59 Å². The van der Waals surface area contributed by atoms with Crippen LogP contribution in [-0.2, 0) is 17.8 Å². The van der Waals surface area contributed by atoms with Gasteiger partial charge in [-0.25, -0.2) is 0 Å². The number of pyridine rings is 1.